The second-order valence-corrected chi connectivity index (χ2v) is 9.96. The van der Waals surface area contributed by atoms with Gasteiger partial charge in [-0.2, -0.15) is 0 Å². The zero-order valence-corrected chi connectivity index (χ0v) is 18.4. The monoisotopic (exact) mass is 443 g/mol. The zero-order valence-electron chi connectivity index (χ0n) is 17.5. The largest absolute Gasteiger partial charge is 0.497 e. The van der Waals surface area contributed by atoms with Crippen molar-refractivity contribution in [3.8, 4) is 11.5 Å². The average Bonchev–Trinajstić information content (AvgIpc) is 3.34. The molecule has 2 aromatic carbocycles. The number of methoxy groups -OCH3 is 2. The summed E-state index contributed by atoms with van der Waals surface area (Å²) in [5, 5.41) is 0.816. The number of carbonyl (C=O) groups excluding carboxylic acids is 1. The minimum Gasteiger partial charge on any atom is -0.497 e. The third-order valence-electron chi connectivity index (χ3n) is 5.68. The first-order valence-corrected chi connectivity index (χ1v) is 11.9. The lowest BCUT2D eigenvalue weighted by atomic mass is 10.1. The van der Waals surface area contributed by atoms with E-state index < -0.39 is 9.84 Å². The number of furan rings is 1. The molecule has 8 heteroatoms. The van der Waals surface area contributed by atoms with Gasteiger partial charge in [-0.15, -0.1) is 0 Å². The van der Waals surface area contributed by atoms with Crippen LogP contribution in [-0.2, 0) is 27.6 Å². The number of hydrogen-bond acceptors (Lipinski definition) is 6. The highest BCUT2D eigenvalue weighted by Crippen LogP contribution is 2.28. The molecule has 7 nitrogen and oxygen atoms in total. The van der Waals surface area contributed by atoms with Gasteiger partial charge in [-0.3, -0.25) is 4.79 Å². The van der Waals surface area contributed by atoms with E-state index in [2.05, 4.69) is 0 Å². The van der Waals surface area contributed by atoms with E-state index in [9.17, 15) is 13.2 Å². The first-order chi connectivity index (χ1) is 14.9. The van der Waals surface area contributed by atoms with E-state index in [4.69, 9.17) is 13.9 Å². The molecule has 31 heavy (non-hydrogen) atoms. The standard InChI is InChI=1S/C23H25NO6S/c1-28-19-5-3-16(4-6-19)13-24(18-9-10-31(26,27)15-18)23(25)11-17-14-30-22-8-7-20(29-2)12-21(17)22/h3-8,12,14,18H,9-11,13,15H2,1-2H3. The zero-order chi connectivity index (χ0) is 22.0. The highest BCUT2D eigenvalue weighted by molar-refractivity contribution is 7.91. The number of hydrogen-bond donors (Lipinski definition) is 0. The van der Waals surface area contributed by atoms with Crippen molar-refractivity contribution in [3.63, 3.8) is 0 Å². The van der Waals surface area contributed by atoms with Crippen molar-refractivity contribution >= 4 is 26.7 Å². The lowest BCUT2D eigenvalue weighted by Crippen LogP contribution is -2.41. The molecular weight excluding hydrogens is 418 g/mol. The van der Waals surface area contributed by atoms with Gasteiger partial charge >= 0.3 is 0 Å². The number of amides is 1. The summed E-state index contributed by atoms with van der Waals surface area (Å²) in [4.78, 5) is 15.1. The number of sulfone groups is 1. The van der Waals surface area contributed by atoms with Crippen LogP contribution in [0.15, 0.2) is 53.1 Å². The molecule has 0 radical (unpaired) electrons. The van der Waals surface area contributed by atoms with Gasteiger partial charge in [-0.1, -0.05) is 12.1 Å². The molecule has 1 amide bonds. The van der Waals surface area contributed by atoms with E-state index in [1.807, 2.05) is 30.3 Å². The third-order valence-corrected chi connectivity index (χ3v) is 7.43. The maximum Gasteiger partial charge on any atom is 0.227 e. The van der Waals surface area contributed by atoms with Crippen molar-refractivity contribution in [2.24, 2.45) is 0 Å². The molecule has 1 saturated heterocycles. The van der Waals surface area contributed by atoms with Gasteiger partial charge in [0.2, 0.25) is 5.91 Å². The molecule has 0 N–H and O–H groups in total. The minimum absolute atomic E-state index is 0.00511. The second kappa shape index (κ2) is 8.63. The fraction of sp³-hybridized carbons (Fsp3) is 0.348. The summed E-state index contributed by atoms with van der Waals surface area (Å²) in [6.07, 6.45) is 2.15. The first-order valence-electron chi connectivity index (χ1n) is 10.1. The Labute approximate surface area is 181 Å². The van der Waals surface area contributed by atoms with Crippen LogP contribution in [0.4, 0.5) is 0 Å². The van der Waals surface area contributed by atoms with Crippen LogP contribution in [0.5, 0.6) is 11.5 Å². The van der Waals surface area contributed by atoms with Gasteiger partial charge < -0.3 is 18.8 Å². The smallest absolute Gasteiger partial charge is 0.227 e. The molecule has 4 rings (SSSR count). The Bertz CT molecular complexity index is 1180. The molecule has 0 aliphatic carbocycles. The molecule has 164 valence electrons. The molecule has 1 fully saturated rings. The molecule has 1 aromatic heterocycles. The van der Waals surface area contributed by atoms with Gasteiger partial charge in [-0.05, 0) is 42.3 Å². The van der Waals surface area contributed by atoms with Crippen molar-refractivity contribution in [1.82, 2.24) is 4.90 Å². The summed E-state index contributed by atoms with van der Waals surface area (Å²) in [5.74, 6) is 1.37. The van der Waals surface area contributed by atoms with E-state index in [-0.39, 0.29) is 29.9 Å². The summed E-state index contributed by atoms with van der Waals surface area (Å²) < 4.78 is 40.2. The molecule has 0 bridgehead atoms. The predicted molar refractivity (Wildman–Crippen MR) is 117 cm³/mol. The normalized spacial score (nSPS) is 17.5. The predicted octanol–water partition coefficient (Wildman–Crippen LogP) is 3.21. The van der Waals surface area contributed by atoms with Gasteiger partial charge in [0.15, 0.2) is 9.84 Å². The van der Waals surface area contributed by atoms with Crippen LogP contribution in [0, 0.1) is 0 Å². The van der Waals surface area contributed by atoms with Gasteiger partial charge in [0.05, 0.1) is 38.4 Å². The maximum absolute atomic E-state index is 13.4. The fourth-order valence-corrected chi connectivity index (χ4v) is 5.69. The van der Waals surface area contributed by atoms with Crippen LogP contribution in [0.2, 0.25) is 0 Å². The molecule has 1 aliphatic rings. The topological polar surface area (TPSA) is 86.0 Å². The minimum atomic E-state index is -3.13. The quantitative estimate of drug-likeness (QED) is 0.557. The summed E-state index contributed by atoms with van der Waals surface area (Å²) >= 11 is 0. The van der Waals surface area contributed by atoms with E-state index in [0.29, 0.717) is 24.3 Å². The lowest BCUT2D eigenvalue weighted by molar-refractivity contribution is -0.133. The number of rotatable bonds is 7. The number of ether oxygens (including phenoxy) is 2. The van der Waals surface area contributed by atoms with Crippen LogP contribution >= 0.6 is 0 Å². The SMILES string of the molecule is COc1ccc(CN(C(=O)Cc2coc3ccc(OC)cc23)C2CCS(=O)(=O)C2)cc1. The number of nitrogens with zero attached hydrogens (tertiary/aromatic N) is 1. The Kier molecular flexibility index (Phi) is 5.91. The number of carbonyl (C=O) groups is 1. The van der Waals surface area contributed by atoms with Crippen molar-refractivity contribution < 1.29 is 27.1 Å². The van der Waals surface area contributed by atoms with Gasteiger partial charge in [0.1, 0.15) is 17.1 Å². The number of benzene rings is 2. The molecule has 0 saturated carbocycles. The summed E-state index contributed by atoms with van der Waals surface area (Å²) in [5.41, 5.74) is 2.34. The highest BCUT2D eigenvalue weighted by Gasteiger charge is 2.35. The maximum atomic E-state index is 13.4. The molecule has 1 unspecified atom stereocenters. The molecule has 2 heterocycles. The Morgan fingerprint density at radius 3 is 2.45 bits per heavy atom. The van der Waals surface area contributed by atoms with Crippen LogP contribution in [0.3, 0.4) is 0 Å². The Balaban J connectivity index is 1.60. The Hall–Kier alpha value is -3.00. The summed E-state index contributed by atoms with van der Waals surface area (Å²) in [6.45, 7) is 0.335. The highest BCUT2D eigenvalue weighted by atomic mass is 32.2. The van der Waals surface area contributed by atoms with E-state index in [1.54, 1.807) is 37.5 Å². The van der Waals surface area contributed by atoms with Crippen molar-refractivity contribution in [2.45, 2.75) is 25.4 Å². The molecule has 0 spiro atoms. The molecule has 3 aromatic rings. The third kappa shape index (κ3) is 4.69. The second-order valence-electron chi connectivity index (χ2n) is 7.73. The van der Waals surface area contributed by atoms with Gasteiger partial charge in [0, 0.05) is 23.5 Å². The molecular formula is C23H25NO6S. The molecule has 1 aliphatic heterocycles. The lowest BCUT2D eigenvalue weighted by Gasteiger charge is -2.28. The average molecular weight is 444 g/mol. The van der Waals surface area contributed by atoms with Crippen molar-refractivity contribution in [3.05, 3.63) is 59.9 Å². The first kappa shape index (κ1) is 21.2. The van der Waals surface area contributed by atoms with Gasteiger partial charge in [-0.25, -0.2) is 8.42 Å². The van der Waals surface area contributed by atoms with E-state index in [0.717, 1.165) is 22.3 Å². The van der Waals surface area contributed by atoms with E-state index in [1.165, 1.54) is 0 Å². The number of fused-ring (bicyclic) bond motifs is 1. The van der Waals surface area contributed by atoms with Crippen LogP contribution < -0.4 is 9.47 Å². The molecule has 1 atom stereocenters. The van der Waals surface area contributed by atoms with Crippen LogP contribution in [0.25, 0.3) is 11.0 Å². The van der Waals surface area contributed by atoms with Crippen LogP contribution in [0.1, 0.15) is 17.5 Å². The Morgan fingerprint density at radius 1 is 1.10 bits per heavy atom. The Morgan fingerprint density at radius 2 is 1.81 bits per heavy atom. The van der Waals surface area contributed by atoms with E-state index >= 15 is 0 Å². The summed E-state index contributed by atoms with van der Waals surface area (Å²) in [7, 11) is 0.0506. The summed E-state index contributed by atoms with van der Waals surface area (Å²) in [6, 6.07) is 12.6. The van der Waals surface area contributed by atoms with Crippen molar-refractivity contribution in [2.75, 3.05) is 25.7 Å². The fourth-order valence-electron chi connectivity index (χ4n) is 3.96. The van der Waals surface area contributed by atoms with Crippen LogP contribution in [-0.4, -0.2) is 51.0 Å². The van der Waals surface area contributed by atoms with Crippen molar-refractivity contribution in [1.29, 1.82) is 0 Å². The van der Waals surface area contributed by atoms with Gasteiger partial charge in [0.25, 0.3) is 0 Å².